The number of carboxylic acids is 1. The normalized spacial score (nSPS) is 10.6. The van der Waals surface area contributed by atoms with E-state index < -0.39 is 5.97 Å². The zero-order chi connectivity index (χ0) is 13.1. The van der Waals surface area contributed by atoms with E-state index in [9.17, 15) is 9.18 Å². The molecule has 4 nitrogen and oxygen atoms in total. The SMILES string of the molecule is CCc1cc(C(=O)O)n(Cc2ccc(F)cc2)n1. The highest BCUT2D eigenvalue weighted by atomic mass is 19.1. The molecule has 2 rings (SSSR count). The molecule has 2 aromatic rings. The van der Waals surface area contributed by atoms with Gasteiger partial charge in [0.25, 0.3) is 0 Å². The van der Waals surface area contributed by atoms with Crippen molar-refractivity contribution in [3.63, 3.8) is 0 Å². The zero-order valence-electron chi connectivity index (χ0n) is 9.93. The first kappa shape index (κ1) is 12.3. The number of carboxylic acid groups (broad SMARTS) is 1. The standard InChI is InChI=1S/C13H13FN2O2/c1-2-11-7-12(13(17)18)16(15-11)8-9-3-5-10(14)6-4-9/h3-7H,2,8H2,1H3,(H,17,18). The van der Waals surface area contributed by atoms with Gasteiger partial charge in [0.15, 0.2) is 0 Å². The molecule has 18 heavy (non-hydrogen) atoms. The Bertz CT molecular complexity index is 561. The van der Waals surface area contributed by atoms with Crippen molar-refractivity contribution in [1.82, 2.24) is 9.78 Å². The topological polar surface area (TPSA) is 55.1 Å². The molecule has 0 bridgehead atoms. The Hall–Kier alpha value is -2.17. The number of benzene rings is 1. The predicted molar refractivity (Wildman–Crippen MR) is 64.1 cm³/mol. The molecule has 0 amide bonds. The molecule has 0 fully saturated rings. The lowest BCUT2D eigenvalue weighted by Gasteiger charge is -2.04. The number of rotatable bonds is 4. The van der Waals surface area contributed by atoms with Gasteiger partial charge in [-0.1, -0.05) is 19.1 Å². The average Bonchev–Trinajstić information content (AvgIpc) is 2.75. The van der Waals surface area contributed by atoms with Gasteiger partial charge in [-0.05, 0) is 30.2 Å². The number of aromatic nitrogens is 2. The Balaban J connectivity index is 2.30. The maximum absolute atomic E-state index is 12.8. The summed E-state index contributed by atoms with van der Waals surface area (Å²) in [6.07, 6.45) is 0.677. The van der Waals surface area contributed by atoms with Crippen LogP contribution in [0, 0.1) is 5.82 Å². The Morgan fingerprint density at radius 3 is 2.61 bits per heavy atom. The number of nitrogens with zero attached hydrogens (tertiary/aromatic N) is 2. The summed E-state index contributed by atoms with van der Waals surface area (Å²) in [4.78, 5) is 11.1. The Morgan fingerprint density at radius 1 is 1.39 bits per heavy atom. The van der Waals surface area contributed by atoms with E-state index in [1.165, 1.54) is 16.8 Å². The second-order valence-electron chi connectivity index (χ2n) is 3.96. The summed E-state index contributed by atoms with van der Waals surface area (Å²) in [6.45, 7) is 2.23. The predicted octanol–water partition coefficient (Wildman–Crippen LogP) is 2.33. The number of aryl methyl sites for hydroxylation is 1. The molecule has 94 valence electrons. The molecule has 5 heteroatoms. The van der Waals surface area contributed by atoms with Gasteiger partial charge < -0.3 is 5.11 Å². The highest BCUT2D eigenvalue weighted by Crippen LogP contribution is 2.10. The van der Waals surface area contributed by atoms with Crippen LogP contribution in [0.1, 0.15) is 28.7 Å². The minimum absolute atomic E-state index is 0.149. The molecule has 0 aliphatic heterocycles. The average molecular weight is 248 g/mol. The zero-order valence-corrected chi connectivity index (χ0v) is 9.93. The summed E-state index contributed by atoms with van der Waals surface area (Å²) in [7, 11) is 0. The Morgan fingerprint density at radius 2 is 2.06 bits per heavy atom. The van der Waals surface area contributed by atoms with Gasteiger partial charge in [-0.3, -0.25) is 4.68 Å². The van der Waals surface area contributed by atoms with E-state index in [0.717, 1.165) is 11.3 Å². The van der Waals surface area contributed by atoms with Gasteiger partial charge in [0, 0.05) is 0 Å². The first-order valence-electron chi connectivity index (χ1n) is 5.64. The van der Waals surface area contributed by atoms with Crippen LogP contribution in [0.5, 0.6) is 0 Å². The third kappa shape index (κ3) is 2.56. The fourth-order valence-electron chi connectivity index (χ4n) is 1.70. The molecular formula is C13H13FN2O2. The highest BCUT2D eigenvalue weighted by molar-refractivity contribution is 5.85. The Kier molecular flexibility index (Phi) is 3.41. The van der Waals surface area contributed by atoms with E-state index in [1.54, 1.807) is 18.2 Å². The van der Waals surface area contributed by atoms with E-state index >= 15 is 0 Å². The van der Waals surface area contributed by atoms with Gasteiger partial charge in [-0.25, -0.2) is 9.18 Å². The van der Waals surface area contributed by atoms with Crippen molar-refractivity contribution >= 4 is 5.97 Å². The van der Waals surface area contributed by atoms with E-state index in [1.807, 2.05) is 6.92 Å². The largest absolute Gasteiger partial charge is 0.477 e. The van der Waals surface area contributed by atoms with Crippen LogP contribution < -0.4 is 0 Å². The molecule has 0 atom stereocenters. The number of carbonyl (C=O) groups is 1. The van der Waals surface area contributed by atoms with Gasteiger partial charge in [0.1, 0.15) is 11.5 Å². The number of aromatic carboxylic acids is 1. The van der Waals surface area contributed by atoms with Gasteiger partial charge in [-0.2, -0.15) is 5.10 Å². The molecule has 1 heterocycles. The van der Waals surface area contributed by atoms with Gasteiger partial charge in [0.2, 0.25) is 0 Å². The molecule has 0 saturated carbocycles. The molecule has 0 saturated heterocycles. The van der Waals surface area contributed by atoms with Crippen molar-refractivity contribution in [3.05, 3.63) is 53.1 Å². The van der Waals surface area contributed by atoms with Crippen LogP contribution in [-0.2, 0) is 13.0 Å². The molecule has 0 aliphatic carbocycles. The molecule has 1 N–H and O–H groups in total. The molecule has 0 spiro atoms. The van der Waals surface area contributed by atoms with E-state index in [4.69, 9.17) is 5.11 Å². The first-order chi connectivity index (χ1) is 8.60. The van der Waals surface area contributed by atoms with Crippen LogP contribution >= 0.6 is 0 Å². The minimum Gasteiger partial charge on any atom is -0.477 e. The fraction of sp³-hybridized carbons (Fsp3) is 0.231. The summed E-state index contributed by atoms with van der Waals surface area (Å²) in [6, 6.07) is 7.49. The fourth-order valence-corrected chi connectivity index (χ4v) is 1.70. The van der Waals surface area contributed by atoms with E-state index in [2.05, 4.69) is 5.10 Å². The van der Waals surface area contributed by atoms with Crippen molar-refractivity contribution in [3.8, 4) is 0 Å². The van der Waals surface area contributed by atoms with Crippen LogP contribution in [0.25, 0.3) is 0 Å². The van der Waals surface area contributed by atoms with Crippen LogP contribution in [0.15, 0.2) is 30.3 Å². The van der Waals surface area contributed by atoms with Crippen molar-refractivity contribution < 1.29 is 14.3 Å². The molecule has 0 unspecified atom stereocenters. The summed E-state index contributed by atoms with van der Waals surface area (Å²) in [5, 5.41) is 13.3. The maximum atomic E-state index is 12.8. The van der Waals surface area contributed by atoms with Crippen LogP contribution in [0.3, 0.4) is 0 Å². The quantitative estimate of drug-likeness (QED) is 0.903. The third-order valence-corrected chi connectivity index (χ3v) is 2.66. The monoisotopic (exact) mass is 248 g/mol. The smallest absolute Gasteiger partial charge is 0.354 e. The molecule has 0 radical (unpaired) electrons. The lowest BCUT2D eigenvalue weighted by atomic mass is 10.2. The van der Waals surface area contributed by atoms with Crippen LogP contribution in [0.2, 0.25) is 0 Å². The second-order valence-corrected chi connectivity index (χ2v) is 3.96. The van der Waals surface area contributed by atoms with Crippen LogP contribution in [0.4, 0.5) is 4.39 Å². The molecule has 1 aromatic heterocycles. The van der Waals surface area contributed by atoms with E-state index in [0.29, 0.717) is 13.0 Å². The third-order valence-electron chi connectivity index (χ3n) is 2.66. The summed E-state index contributed by atoms with van der Waals surface area (Å²) >= 11 is 0. The lowest BCUT2D eigenvalue weighted by molar-refractivity contribution is 0.0684. The summed E-state index contributed by atoms with van der Waals surface area (Å²) in [5.74, 6) is -1.32. The highest BCUT2D eigenvalue weighted by Gasteiger charge is 2.13. The number of hydrogen-bond acceptors (Lipinski definition) is 2. The summed E-state index contributed by atoms with van der Waals surface area (Å²) in [5.41, 5.74) is 1.69. The van der Waals surface area contributed by atoms with Gasteiger partial charge >= 0.3 is 5.97 Å². The van der Waals surface area contributed by atoms with Crippen molar-refractivity contribution in [2.45, 2.75) is 19.9 Å². The summed E-state index contributed by atoms with van der Waals surface area (Å²) < 4.78 is 14.2. The van der Waals surface area contributed by atoms with Crippen molar-refractivity contribution in [1.29, 1.82) is 0 Å². The molecular weight excluding hydrogens is 235 g/mol. The van der Waals surface area contributed by atoms with Crippen molar-refractivity contribution in [2.24, 2.45) is 0 Å². The van der Waals surface area contributed by atoms with Gasteiger partial charge in [-0.15, -0.1) is 0 Å². The van der Waals surface area contributed by atoms with Crippen molar-refractivity contribution in [2.75, 3.05) is 0 Å². The van der Waals surface area contributed by atoms with Gasteiger partial charge in [0.05, 0.1) is 12.2 Å². The molecule has 0 aliphatic rings. The Labute approximate surface area is 104 Å². The first-order valence-corrected chi connectivity index (χ1v) is 5.64. The second kappa shape index (κ2) is 5.00. The maximum Gasteiger partial charge on any atom is 0.354 e. The van der Waals surface area contributed by atoms with E-state index in [-0.39, 0.29) is 11.5 Å². The number of hydrogen-bond donors (Lipinski definition) is 1. The van der Waals surface area contributed by atoms with Crippen LogP contribution in [-0.4, -0.2) is 20.9 Å². The number of halogens is 1. The minimum atomic E-state index is -1.01. The lowest BCUT2D eigenvalue weighted by Crippen LogP contribution is -2.10. The molecule has 1 aromatic carbocycles.